The summed E-state index contributed by atoms with van der Waals surface area (Å²) in [6.45, 7) is 5.12. The van der Waals surface area contributed by atoms with Crippen LogP contribution in [0.25, 0.3) is 0 Å². The van der Waals surface area contributed by atoms with E-state index in [0.717, 1.165) is 49.8 Å². The first-order chi connectivity index (χ1) is 14.7. The van der Waals surface area contributed by atoms with Gasteiger partial charge in [-0.2, -0.15) is 0 Å². The van der Waals surface area contributed by atoms with Gasteiger partial charge in [0.2, 0.25) is 0 Å². The van der Waals surface area contributed by atoms with Crippen LogP contribution in [0.1, 0.15) is 21.7 Å². The van der Waals surface area contributed by atoms with Crippen molar-refractivity contribution < 1.29 is 13.9 Å². The van der Waals surface area contributed by atoms with Gasteiger partial charge < -0.3 is 19.4 Å². The van der Waals surface area contributed by atoms with Gasteiger partial charge in [-0.05, 0) is 42.0 Å². The van der Waals surface area contributed by atoms with Crippen LogP contribution in [0.4, 0.5) is 5.69 Å². The SMILES string of the molecule is COc1cccc(N2CCN(Cc3cccc(C(=O)NCc4ccco4)c3)CC2)c1. The summed E-state index contributed by atoms with van der Waals surface area (Å²) >= 11 is 0. The Morgan fingerprint density at radius 3 is 2.63 bits per heavy atom. The molecule has 1 saturated heterocycles. The third kappa shape index (κ3) is 5.02. The molecule has 0 radical (unpaired) electrons. The van der Waals surface area contributed by atoms with Crippen LogP contribution < -0.4 is 15.0 Å². The molecule has 2 aromatic carbocycles. The Morgan fingerprint density at radius 1 is 1.03 bits per heavy atom. The zero-order valence-corrected chi connectivity index (χ0v) is 17.2. The molecular formula is C24H27N3O3. The number of piperazine rings is 1. The van der Waals surface area contributed by atoms with Crippen LogP contribution in [0.5, 0.6) is 5.75 Å². The summed E-state index contributed by atoms with van der Waals surface area (Å²) in [5, 5.41) is 2.90. The van der Waals surface area contributed by atoms with Crippen LogP contribution in [0.3, 0.4) is 0 Å². The Bertz CT molecular complexity index is 963. The topological polar surface area (TPSA) is 58.0 Å². The number of benzene rings is 2. The number of furan rings is 1. The zero-order valence-electron chi connectivity index (χ0n) is 17.2. The van der Waals surface area contributed by atoms with Gasteiger partial charge in [-0.1, -0.05) is 18.2 Å². The van der Waals surface area contributed by atoms with Gasteiger partial charge in [-0.15, -0.1) is 0 Å². The van der Waals surface area contributed by atoms with Gasteiger partial charge >= 0.3 is 0 Å². The maximum atomic E-state index is 12.5. The standard InChI is InChI=1S/C24H27N3O3/c1-29-22-8-3-7-21(16-22)27-12-10-26(11-13-27)18-19-5-2-6-20(15-19)24(28)25-17-23-9-4-14-30-23/h2-9,14-16H,10-13,17-18H2,1H3,(H,25,28). The van der Waals surface area contributed by atoms with E-state index < -0.39 is 0 Å². The fourth-order valence-corrected chi connectivity index (χ4v) is 3.72. The quantitative estimate of drug-likeness (QED) is 0.652. The van der Waals surface area contributed by atoms with Crippen molar-refractivity contribution in [2.75, 3.05) is 38.2 Å². The lowest BCUT2D eigenvalue weighted by Crippen LogP contribution is -2.46. The van der Waals surface area contributed by atoms with E-state index in [1.807, 2.05) is 42.5 Å². The number of hydrogen-bond donors (Lipinski definition) is 1. The summed E-state index contributed by atoms with van der Waals surface area (Å²) in [6.07, 6.45) is 1.61. The van der Waals surface area contributed by atoms with E-state index in [1.165, 1.54) is 5.69 Å². The molecular weight excluding hydrogens is 378 g/mol. The van der Waals surface area contributed by atoms with Gasteiger partial charge in [0.05, 0.1) is 19.9 Å². The second-order valence-electron chi connectivity index (χ2n) is 7.43. The van der Waals surface area contributed by atoms with E-state index in [4.69, 9.17) is 9.15 Å². The Morgan fingerprint density at radius 2 is 1.87 bits per heavy atom. The first-order valence-electron chi connectivity index (χ1n) is 10.2. The summed E-state index contributed by atoms with van der Waals surface area (Å²) < 4.78 is 10.6. The summed E-state index contributed by atoms with van der Waals surface area (Å²) in [4.78, 5) is 17.3. The number of nitrogens with zero attached hydrogens (tertiary/aromatic N) is 2. The molecule has 3 aromatic rings. The van der Waals surface area contributed by atoms with Crippen molar-refractivity contribution >= 4 is 11.6 Å². The molecule has 156 valence electrons. The molecule has 0 atom stereocenters. The molecule has 0 saturated carbocycles. The van der Waals surface area contributed by atoms with Crippen LogP contribution in [0, 0.1) is 0 Å². The van der Waals surface area contributed by atoms with Crippen LogP contribution >= 0.6 is 0 Å². The molecule has 1 aliphatic heterocycles. The number of hydrogen-bond acceptors (Lipinski definition) is 5. The maximum Gasteiger partial charge on any atom is 0.251 e. The fourth-order valence-electron chi connectivity index (χ4n) is 3.72. The molecule has 0 unspecified atom stereocenters. The Labute approximate surface area is 177 Å². The van der Waals surface area contributed by atoms with Crippen molar-refractivity contribution in [3.05, 3.63) is 83.8 Å². The minimum absolute atomic E-state index is 0.0869. The van der Waals surface area contributed by atoms with Gasteiger partial charge in [0.1, 0.15) is 11.5 Å². The summed E-state index contributed by atoms with van der Waals surface area (Å²) in [5.41, 5.74) is 3.02. The first-order valence-corrected chi connectivity index (χ1v) is 10.2. The van der Waals surface area contributed by atoms with E-state index in [2.05, 4.69) is 33.3 Å². The summed E-state index contributed by atoms with van der Waals surface area (Å²) in [6, 6.07) is 19.7. The minimum Gasteiger partial charge on any atom is -0.497 e. The highest BCUT2D eigenvalue weighted by atomic mass is 16.5. The third-order valence-corrected chi connectivity index (χ3v) is 5.39. The predicted octanol–water partition coefficient (Wildman–Crippen LogP) is 3.54. The lowest BCUT2D eigenvalue weighted by atomic mass is 10.1. The molecule has 0 aliphatic carbocycles. The van der Waals surface area contributed by atoms with E-state index in [1.54, 1.807) is 13.4 Å². The fraction of sp³-hybridized carbons (Fsp3) is 0.292. The molecule has 0 bridgehead atoms. The number of nitrogens with one attached hydrogen (secondary N) is 1. The van der Waals surface area contributed by atoms with Crippen molar-refractivity contribution in [3.8, 4) is 5.75 Å². The second kappa shape index (κ2) is 9.50. The number of carbonyl (C=O) groups excluding carboxylic acids is 1. The van der Waals surface area contributed by atoms with Crippen molar-refractivity contribution in [1.29, 1.82) is 0 Å². The predicted molar refractivity (Wildman–Crippen MR) is 117 cm³/mol. The lowest BCUT2D eigenvalue weighted by Gasteiger charge is -2.36. The van der Waals surface area contributed by atoms with Gasteiger partial charge in [0, 0.05) is 50.0 Å². The molecule has 1 amide bonds. The molecule has 0 spiro atoms. The van der Waals surface area contributed by atoms with Crippen molar-refractivity contribution in [2.24, 2.45) is 0 Å². The van der Waals surface area contributed by atoms with E-state index in [0.29, 0.717) is 12.1 Å². The van der Waals surface area contributed by atoms with E-state index in [9.17, 15) is 4.79 Å². The molecule has 30 heavy (non-hydrogen) atoms. The number of methoxy groups -OCH3 is 1. The van der Waals surface area contributed by atoms with E-state index >= 15 is 0 Å². The molecule has 1 N–H and O–H groups in total. The molecule has 1 aromatic heterocycles. The van der Waals surface area contributed by atoms with Crippen molar-refractivity contribution in [2.45, 2.75) is 13.1 Å². The highest BCUT2D eigenvalue weighted by Crippen LogP contribution is 2.22. The molecule has 1 fully saturated rings. The number of rotatable bonds is 7. The normalized spacial score (nSPS) is 14.5. The van der Waals surface area contributed by atoms with Gasteiger partial charge in [0.15, 0.2) is 0 Å². The summed E-state index contributed by atoms with van der Waals surface area (Å²) in [5.74, 6) is 1.54. The molecule has 1 aliphatic rings. The first kappa shape index (κ1) is 20.0. The maximum absolute atomic E-state index is 12.5. The summed E-state index contributed by atoms with van der Waals surface area (Å²) in [7, 11) is 1.70. The average molecular weight is 405 g/mol. The number of carbonyl (C=O) groups is 1. The Balaban J connectivity index is 1.30. The van der Waals surface area contributed by atoms with Gasteiger partial charge in [0.25, 0.3) is 5.91 Å². The lowest BCUT2D eigenvalue weighted by molar-refractivity contribution is 0.0948. The number of ether oxygens (including phenoxy) is 1. The van der Waals surface area contributed by atoms with Crippen molar-refractivity contribution in [3.63, 3.8) is 0 Å². The number of amides is 1. The molecule has 6 nitrogen and oxygen atoms in total. The largest absolute Gasteiger partial charge is 0.497 e. The van der Waals surface area contributed by atoms with Crippen LogP contribution in [-0.2, 0) is 13.1 Å². The van der Waals surface area contributed by atoms with Crippen molar-refractivity contribution in [1.82, 2.24) is 10.2 Å². The number of anilines is 1. The molecule has 6 heteroatoms. The van der Waals surface area contributed by atoms with E-state index in [-0.39, 0.29) is 5.91 Å². The Hall–Kier alpha value is -3.25. The monoisotopic (exact) mass is 405 g/mol. The van der Waals surface area contributed by atoms with Crippen LogP contribution in [0.15, 0.2) is 71.3 Å². The van der Waals surface area contributed by atoms with Gasteiger partial charge in [-0.25, -0.2) is 0 Å². The average Bonchev–Trinajstić information content (AvgIpc) is 3.32. The van der Waals surface area contributed by atoms with Gasteiger partial charge in [-0.3, -0.25) is 9.69 Å². The molecule has 4 rings (SSSR count). The highest BCUT2D eigenvalue weighted by Gasteiger charge is 2.18. The third-order valence-electron chi connectivity index (χ3n) is 5.39. The van der Waals surface area contributed by atoms with Crippen LogP contribution in [0.2, 0.25) is 0 Å². The second-order valence-corrected chi connectivity index (χ2v) is 7.43. The van der Waals surface area contributed by atoms with Crippen LogP contribution in [-0.4, -0.2) is 44.1 Å². The molecule has 2 heterocycles. The minimum atomic E-state index is -0.0869. The zero-order chi connectivity index (χ0) is 20.8. The Kier molecular flexibility index (Phi) is 6.35. The smallest absolute Gasteiger partial charge is 0.251 e. The highest BCUT2D eigenvalue weighted by molar-refractivity contribution is 5.94.